The summed E-state index contributed by atoms with van der Waals surface area (Å²) in [6.07, 6.45) is 0. The third-order valence-corrected chi connectivity index (χ3v) is 5.49. The van der Waals surface area contributed by atoms with Crippen molar-refractivity contribution in [3.05, 3.63) is 97.5 Å². The maximum atomic E-state index is 13.5. The zero-order chi connectivity index (χ0) is 24.8. The van der Waals surface area contributed by atoms with Crippen LogP contribution in [0.1, 0.15) is 33.2 Å². The number of benzene rings is 3. The van der Waals surface area contributed by atoms with Crippen molar-refractivity contribution < 1.29 is 24.0 Å². The van der Waals surface area contributed by atoms with Crippen LogP contribution in [0.3, 0.4) is 0 Å². The zero-order valence-corrected chi connectivity index (χ0v) is 19.8. The summed E-state index contributed by atoms with van der Waals surface area (Å²) in [6, 6.07) is 15.1. The Labute approximate surface area is 205 Å². The van der Waals surface area contributed by atoms with Crippen LogP contribution in [-0.2, 0) is 11.3 Å². The Hall–Kier alpha value is -3.62. The van der Waals surface area contributed by atoms with Gasteiger partial charge in [0.05, 0.1) is 30.7 Å². The molecule has 0 heterocycles. The lowest BCUT2D eigenvalue weighted by Crippen LogP contribution is -2.30. The number of nitrogens with zero attached hydrogens (tertiary/aromatic N) is 2. The summed E-state index contributed by atoms with van der Waals surface area (Å²) in [7, 11) is 1.31. The van der Waals surface area contributed by atoms with Gasteiger partial charge >= 0.3 is 11.7 Å². The van der Waals surface area contributed by atoms with Gasteiger partial charge in [-0.25, -0.2) is 4.79 Å². The Balaban J connectivity index is 2.04. The first-order valence-electron chi connectivity index (χ1n) is 10.1. The summed E-state index contributed by atoms with van der Waals surface area (Å²) in [6.45, 7) is 1.99. The van der Waals surface area contributed by atoms with Gasteiger partial charge < -0.3 is 14.4 Å². The van der Waals surface area contributed by atoms with E-state index in [0.29, 0.717) is 26.9 Å². The Kier molecular flexibility index (Phi) is 8.09. The molecule has 0 aromatic heterocycles. The number of halogens is 2. The number of nitro groups is 1. The van der Waals surface area contributed by atoms with Crippen molar-refractivity contribution in [2.24, 2.45) is 0 Å². The van der Waals surface area contributed by atoms with Gasteiger partial charge in [0.15, 0.2) is 5.75 Å². The highest BCUT2D eigenvalue weighted by Gasteiger charge is 2.24. The fourth-order valence-corrected chi connectivity index (χ4v) is 3.68. The van der Waals surface area contributed by atoms with Gasteiger partial charge in [0.25, 0.3) is 5.91 Å². The van der Waals surface area contributed by atoms with Crippen molar-refractivity contribution in [1.82, 2.24) is 0 Å². The molecular formula is C24H20Cl2N2O6. The van der Waals surface area contributed by atoms with E-state index in [-0.39, 0.29) is 30.2 Å². The lowest BCUT2D eigenvalue weighted by Gasteiger charge is -2.24. The van der Waals surface area contributed by atoms with Crippen LogP contribution in [0.15, 0.2) is 60.7 Å². The lowest BCUT2D eigenvalue weighted by atomic mass is 10.1. The second-order valence-corrected chi connectivity index (χ2v) is 7.88. The van der Waals surface area contributed by atoms with Crippen LogP contribution in [0, 0.1) is 10.1 Å². The molecule has 3 rings (SSSR count). The quantitative estimate of drug-likeness (QED) is 0.215. The molecule has 0 radical (unpaired) electrons. The van der Waals surface area contributed by atoms with Crippen molar-refractivity contribution in [2.45, 2.75) is 13.5 Å². The van der Waals surface area contributed by atoms with E-state index in [0.717, 1.165) is 6.07 Å². The van der Waals surface area contributed by atoms with Crippen LogP contribution in [0.25, 0.3) is 0 Å². The smallest absolute Gasteiger partial charge is 0.338 e. The molecule has 0 N–H and O–H groups in total. The first kappa shape index (κ1) is 25.0. The number of esters is 1. The van der Waals surface area contributed by atoms with Crippen LogP contribution in [0.5, 0.6) is 5.75 Å². The third kappa shape index (κ3) is 5.65. The van der Waals surface area contributed by atoms with Crippen molar-refractivity contribution in [3.63, 3.8) is 0 Å². The van der Waals surface area contributed by atoms with E-state index in [2.05, 4.69) is 0 Å². The SMILES string of the molecule is CCOC(=O)c1ccc(N(Cc2ccc(Cl)cc2Cl)C(=O)c2ccc(OC)c([N+](=O)[O-])c2)cc1. The number of anilines is 1. The number of nitro benzene ring substituents is 1. The minimum atomic E-state index is -0.621. The van der Waals surface area contributed by atoms with Crippen molar-refractivity contribution in [2.75, 3.05) is 18.6 Å². The van der Waals surface area contributed by atoms with E-state index in [1.165, 1.54) is 36.3 Å². The molecule has 34 heavy (non-hydrogen) atoms. The minimum Gasteiger partial charge on any atom is -0.490 e. The zero-order valence-electron chi connectivity index (χ0n) is 18.3. The largest absolute Gasteiger partial charge is 0.490 e. The van der Waals surface area contributed by atoms with Crippen molar-refractivity contribution in [3.8, 4) is 5.75 Å². The molecule has 0 unspecified atom stereocenters. The standard InChI is InChI=1S/C24H20Cl2N2O6/c1-3-34-24(30)15-5-9-19(10-6-15)27(14-17-4-8-18(25)13-20(17)26)23(29)16-7-11-22(33-2)21(12-16)28(31)32/h4-13H,3,14H2,1-2H3. The summed E-state index contributed by atoms with van der Waals surface area (Å²) in [4.78, 5) is 37.7. The van der Waals surface area contributed by atoms with Crippen molar-refractivity contribution >= 4 is 46.5 Å². The maximum absolute atomic E-state index is 13.5. The predicted molar refractivity (Wildman–Crippen MR) is 129 cm³/mol. The van der Waals surface area contributed by atoms with E-state index in [1.807, 2.05) is 0 Å². The Morgan fingerprint density at radius 2 is 1.68 bits per heavy atom. The van der Waals surface area contributed by atoms with Gasteiger partial charge in [-0.3, -0.25) is 14.9 Å². The molecule has 0 saturated carbocycles. The van der Waals surface area contributed by atoms with Crippen LogP contribution in [-0.4, -0.2) is 30.5 Å². The number of amides is 1. The summed E-state index contributed by atoms with van der Waals surface area (Å²) in [5, 5.41) is 12.2. The Morgan fingerprint density at radius 3 is 2.26 bits per heavy atom. The van der Waals surface area contributed by atoms with Gasteiger partial charge in [0.2, 0.25) is 0 Å². The van der Waals surface area contributed by atoms with E-state index in [9.17, 15) is 19.7 Å². The average molecular weight is 503 g/mol. The molecule has 0 aliphatic carbocycles. The summed E-state index contributed by atoms with van der Waals surface area (Å²) >= 11 is 12.3. The summed E-state index contributed by atoms with van der Waals surface area (Å²) in [5.41, 5.74) is 1.12. The van der Waals surface area contributed by atoms with E-state index in [1.54, 1.807) is 37.3 Å². The molecule has 10 heteroatoms. The number of methoxy groups -OCH3 is 1. The molecule has 0 bridgehead atoms. The molecule has 0 spiro atoms. The van der Waals surface area contributed by atoms with Crippen LogP contribution >= 0.6 is 23.2 Å². The van der Waals surface area contributed by atoms with Crippen LogP contribution < -0.4 is 9.64 Å². The highest BCUT2D eigenvalue weighted by Crippen LogP contribution is 2.30. The van der Waals surface area contributed by atoms with Gasteiger partial charge in [0, 0.05) is 27.4 Å². The number of ether oxygens (including phenoxy) is 2. The number of hydrogen-bond acceptors (Lipinski definition) is 6. The fraction of sp³-hybridized carbons (Fsp3) is 0.167. The molecule has 8 nitrogen and oxygen atoms in total. The molecule has 176 valence electrons. The van der Waals surface area contributed by atoms with Crippen LogP contribution in [0.2, 0.25) is 10.0 Å². The highest BCUT2D eigenvalue weighted by molar-refractivity contribution is 6.35. The number of carbonyl (C=O) groups excluding carboxylic acids is 2. The molecule has 3 aromatic rings. The van der Waals surface area contributed by atoms with Gasteiger partial charge in [-0.15, -0.1) is 0 Å². The van der Waals surface area contributed by atoms with E-state index >= 15 is 0 Å². The average Bonchev–Trinajstić information content (AvgIpc) is 2.83. The van der Waals surface area contributed by atoms with Gasteiger partial charge in [-0.05, 0) is 61.0 Å². The van der Waals surface area contributed by atoms with E-state index < -0.39 is 16.8 Å². The fourth-order valence-electron chi connectivity index (χ4n) is 3.21. The first-order valence-corrected chi connectivity index (χ1v) is 10.9. The molecule has 0 atom stereocenters. The molecule has 0 aliphatic heterocycles. The Bertz CT molecular complexity index is 1230. The van der Waals surface area contributed by atoms with E-state index in [4.69, 9.17) is 32.7 Å². The predicted octanol–water partition coefficient (Wildman–Crippen LogP) is 5.93. The second-order valence-electron chi connectivity index (χ2n) is 7.04. The summed E-state index contributed by atoms with van der Waals surface area (Å²) in [5.74, 6) is -0.966. The molecular weight excluding hydrogens is 483 g/mol. The van der Waals surface area contributed by atoms with Crippen LogP contribution in [0.4, 0.5) is 11.4 Å². The summed E-state index contributed by atoms with van der Waals surface area (Å²) < 4.78 is 10.0. The molecule has 3 aromatic carbocycles. The van der Waals surface area contributed by atoms with Gasteiger partial charge in [-0.1, -0.05) is 29.3 Å². The number of hydrogen-bond donors (Lipinski definition) is 0. The third-order valence-electron chi connectivity index (χ3n) is 4.90. The molecule has 0 fully saturated rings. The highest BCUT2D eigenvalue weighted by atomic mass is 35.5. The monoisotopic (exact) mass is 502 g/mol. The molecule has 0 saturated heterocycles. The first-order chi connectivity index (χ1) is 16.2. The molecule has 1 amide bonds. The van der Waals surface area contributed by atoms with Crippen molar-refractivity contribution in [1.29, 1.82) is 0 Å². The topological polar surface area (TPSA) is 99.0 Å². The lowest BCUT2D eigenvalue weighted by molar-refractivity contribution is -0.385. The van der Waals surface area contributed by atoms with Gasteiger partial charge in [-0.2, -0.15) is 0 Å². The number of carbonyl (C=O) groups is 2. The normalized spacial score (nSPS) is 10.5. The van der Waals surface area contributed by atoms with Gasteiger partial charge in [0.1, 0.15) is 0 Å². The molecule has 0 aliphatic rings. The Morgan fingerprint density at radius 1 is 1.00 bits per heavy atom. The number of rotatable bonds is 8. The minimum absolute atomic E-state index is 0.0348. The maximum Gasteiger partial charge on any atom is 0.338 e. The second kappa shape index (κ2) is 11.0.